The Kier molecular flexibility index (Phi) is 8.15. The third kappa shape index (κ3) is 5.83. The van der Waals surface area contributed by atoms with Crippen molar-refractivity contribution in [2.24, 2.45) is 0 Å². The molecule has 1 saturated heterocycles. The van der Waals surface area contributed by atoms with Gasteiger partial charge < -0.3 is 19.9 Å². The van der Waals surface area contributed by atoms with Crippen LogP contribution in [-0.4, -0.2) is 61.9 Å². The number of ether oxygens (including phenoxy) is 1. The Bertz CT molecular complexity index is 531. The van der Waals surface area contributed by atoms with Crippen LogP contribution in [0.5, 0.6) is 5.75 Å². The smallest absolute Gasteiger partial charge is 0.169 e. The van der Waals surface area contributed by atoms with Gasteiger partial charge in [-0.2, -0.15) is 11.8 Å². The summed E-state index contributed by atoms with van der Waals surface area (Å²) in [5.74, 6) is 2.19. The van der Waals surface area contributed by atoms with Crippen molar-refractivity contribution in [1.82, 2.24) is 10.2 Å². The van der Waals surface area contributed by atoms with Crippen molar-refractivity contribution in [1.29, 1.82) is 0 Å². The second-order valence-corrected chi connectivity index (χ2v) is 7.68. The first-order valence-corrected chi connectivity index (χ1v) is 10.4. The average molecular weight is 369 g/mol. The van der Waals surface area contributed by atoms with Crippen LogP contribution in [0.3, 0.4) is 0 Å². The Labute approximate surface area is 155 Å². The molecule has 1 heterocycles. The molecular formula is C18H30N3OS2+. The fourth-order valence-corrected chi connectivity index (χ4v) is 3.76. The summed E-state index contributed by atoms with van der Waals surface area (Å²) in [7, 11) is 1.75. The molecule has 2 N–H and O–H groups in total. The molecule has 0 unspecified atom stereocenters. The summed E-state index contributed by atoms with van der Waals surface area (Å²) in [5, 5.41) is 4.31. The first kappa shape index (κ1) is 19.3. The van der Waals surface area contributed by atoms with Crippen LogP contribution in [0.2, 0.25) is 0 Å². The number of thiocarbonyl (C=S) groups is 1. The van der Waals surface area contributed by atoms with E-state index in [0.29, 0.717) is 0 Å². The Morgan fingerprint density at radius 1 is 1.38 bits per heavy atom. The summed E-state index contributed by atoms with van der Waals surface area (Å²) in [6, 6.07) is 6.43. The lowest BCUT2D eigenvalue weighted by Gasteiger charge is -2.34. The highest BCUT2D eigenvalue weighted by Gasteiger charge is 2.22. The Hall–Kier alpha value is -0.980. The van der Waals surface area contributed by atoms with Crippen LogP contribution in [0.4, 0.5) is 0 Å². The van der Waals surface area contributed by atoms with Crippen molar-refractivity contribution in [2.45, 2.75) is 19.9 Å². The predicted octanol–water partition coefficient (Wildman–Crippen LogP) is 1.33. The number of hydrogen-bond acceptors (Lipinski definition) is 3. The van der Waals surface area contributed by atoms with Gasteiger partial charge in [0.15, 0.2) is 5.11 Å². The summed E-state index contributed by atoms with van der Waals surface area (Å²) in [4.78, 5) is 3.91. The third-order valence-electron chi connectivity index (χ3n) is 4.44. The van der Waals surface area contributed by atoms with Gasteiger partial charge in [0.25, 0.3) is 0 Å². The van der Waals surface area contributed by atoms with E-state index in [2.05, 4.69) is 41.6 Å². The van der Waals surface area contributed by atoms with Crippen LogP contribution < -0.4 is 15.0 Å². The normalized spacial score (nSPS) is 15.4. The molecule has 134 valence electrons. The second kappa shape index (κ2) is 10.1. The lowest BCUT2D eigenvalue weighted by atomic mass is 10.1. The minimum Gasteiger partial charge on any atom is -0.496 e. The lowest BCUT2D eigenvalue weighted by Crippen LogP contribution is -3.13. The van der Waals surface area contributed by atoms with E-state index in [0.717, 1.165) is 50.1 Å². The van der Waals surface area contributed by atoms with E-state index in [1.165, 1.54) is 23.3 Å². The van der Waals surface area contributed by atoms with Crippen LogP contribution in [0.25, 0.3) is 0 Å². The van der Waals surface area contributed by atoms with Gasteiger partial charge in [0.1, 0.15) is 12.3 Å². The first-order valence-electron chi connectivity index (χ1n) is 8.63. The summed E-state index contributed by atoms with van der Waals surface area (Å²) in [5.41, 5.74) is 2.60. The quantitative estimate of drug-likeness (QED) is 0.560. The minimum absolute atomic E-state index is 0.920. The summed E-state index contributed by atoms with van der Waals surface area (Å²) < 4.78 is 5.51. The number of methoxy groups -OCH3 is 1. The van der Waals surface area contributed by atoms with Gasteiger partial charge in [-0.1, -0.05) is 11.6 Å². The molecule has 1 aromatic carbocycles. The zero-order chi connectivity index (χ0) is 17.4. The van der Waals surface area contributed by atoms with Gasteiger partial charge in [-0.3, -0.25) is 0 Å². The molecule has 0 saturated carbocycles. The van der Waals surface area contributed by atoms with E-state index >= 15 is 0 Å². The highest BCUT2D eigenvalue weighted by molar-refractivity contribution is 7.98. The van der Waals surface area contributed by atoms with Crippen molar-refractivity contribution in [2.75, 3.05) is 51.8 Å². The van der Waals surface area contributed by atoms with Crippen molar-refractivity contribution in [3.05, 3.63) is 29.3 Å². The van der Waals surface area contributed by atoms with E-state index in [9.17, 15) is 0 Å². The van der Waals surface area contributed by atoms with Gasteiger partial charge in [-0.25, -0.2) is 0 Å². The number of piperazine rings is 1. The Morgan fingerprint density at radius 2 is 2.12 bits per heavy atom. The predicted molar refractivity (Wildman–Crippen MR) is 107 cm³/mol. The van der Waals surface area contributed by atoms with Gasteiger partial charge in [-0.15, -0.1) is 0 Å². The van der Waals surface area contributed by atoms with Gasteiger partial charge >= 0.3 is 0 Å². The Balaban J connectivity index is 1.78. The summed E-state index contributed by atoms with van der Waals surface area (Å²) in [6.07, 6.45) is 3.31. The fraction of sp³-hybridized carbons (Fsp3) is 0.611. The molecule has 2 rings (SSSR count). The Morgan fingerprint density at radius 3 is 2.79 bits per heavy atom. The highest BCUT2D eigenvalue weighted by Crippen LogP contribution is 2.18. The largest absolute Gasteiger partial charge is 0.496 e. The molecule has 0 bridgehead atoms. The molecule has 0 aromatic heterocycles. The van der Waals surface area contributed by atoms with Crippen molar-refractivity contribution >= 4 is 29.1 Å². The lowest BCUT2D eigenvalue weighted by molar-refractivity contribution is -0.917. The number of nitrogens with zero attached hydrogens (tertiary/aromatic N) is 1. The zero-order valence-corrected chi connectivity index (χ0v) is 16.7. The van der Waals surface area contributed by atoms with Gasteiger partial charge in [0.2, 0.25) is 0 Å². The molecule has 0 amide bonds. The van der Waals surface area contributed by atoms with E-state index in [1.807, 2.05) is 11.8 Å². The fourth-order valence-electron chi connectivity index (χ4n) is 3.04. The minimum atomic E-state index is 0.920. The molecular weight excluding hydrogens is 338 g/mol. The zero-order valence-electron chi connectivity index (χ0n) is 15.1. The monoisotopic (exact) mass is 368 g/mol. The highest BCUT2D eigenvalue weighted by atomic mass is 32.2. The standard InChI is InChI=1S/C18H29N3OS2/c1-15-5-6-17(22-2)16(13-15)14-20-8-10-21(11-9-20)18(23)19-7-4-12-24-3/h5-6,13H,4,7-12,14H2,1-3H3,(H,19,23)/p+1. The number of quaternary nitrogens is 1. The third-order valence-corrected chi connectivity index (χ3v) is 5.54. The number of nitrogens with one attached hydrogen (secondary N) is 2. The molecule has 24 heavy (non-hydrogen) atoms. The number of hydrogen-bond donors (Lipinski definition) is 2. The SMILES string of the molecule is COc1ccc(C)cc1C[NH+]1CCN(C(=S)NCCCSC)CC1. The average Bonchev–Trinajstić information content (AvgIpc) is 2.59. The van der Waals surface area contributed by atoms with Gasteiger partial charge in [0.05, 0.1) is 33.3 Å². The van der Waals surface area contributed by atoms with Crippen molar-refractivity contribution in [3.63, 3.8) is 0 Å². The number of benzene rings is 1. The molecule has 1 fully saturated rings. The first-order chi connectivity index (χ1) is 11.6. The van der Waals surface area contributed by atoms with Crippen LogP contribution in [-0.2, 0) is 6.54 Å². The van der Waals surface area contributed by atoms with Crippen molar-refractivity contribution < 1.29 is 9.64 Å². The molecule has 0 aliphatic carbocycles. The van der Waals surface area contributed by atoms with Gasteiger partial charge in [0, 0.05) is 12.1 Å². The molecule has 0 radical (unpaired) electrons. The molecule has 6 heteroatoms. The van der Waals surface area contributed by atoms with Crippen LogP contribution in [0.15, 0.2) is 18.2 Å². The van der Waals surface area contributed by atoms with Crippen LogP contribution >= 0.6 is 24.0 Å². The number of rotatable bonds is 7. The maximum atomic E-state index is 5.53. The van der Waals surface area contributed by atoms with E-state index < -0.39 is 0 Å². The van der Waals surface area contributed by atoms with Crippen LogP contribution in [0, 0.1) is 6.92 Å². The number of thioether (sulfide) groups is 1. The second-order valence-electron chi connectivity index (χ2n) is 6.31. The maximum absolute atomic E-state index is 5.53. The van der Waals surface area contributed by atoms with Gasteiger partial charge in [-0.05, 0) is 49.7 Å². The van der Waals surface area contributed by atoms with E-state index in [-0.39, 0.29) is 0 Å². The molecule has 4 nitrogen and oxygen atoms in total. The van der Waals surface area contributed by atoms with Crippen LogP contribution in [0.1, 0.15) is 17.5 Å². The molecule has 1 aliphatic heterocycles. The topological polar surface area (TPSA) is 28.9 Å². The molecule has 0 atom stereocenters. The molecule has 0 spiro atoms. The summed E-state index contributed by atoms with van der Waals surface area (Å²) in [6.45, 7) is 8.42. The number of aryl methyl sites for hydroxylation is 1. The summed E-state index contributed by atoms with van der Waals surface area (Å²) >= 11 is 7.41. The molecule has 1 aliphatic rings. The maximum Gasteiger partial charge on any atom is 0.169 e. The van der Waals surface area contributed by atoms with Crippen molar-refractivity contribution in [3.8, 4) is 5.75 Å². The van der Waals surface area contributed by atoms with E-state index in [1.54, 1.807) is 12.0 Å². The molecule has 1 aromatic rings. The van der Waals surface area contributed by atoms with E-state index in [4.69, 9.17) is 17.0 Å².